The summed E-state index contributed by atoms with van der Waals surface area (Å²) in [5, 5.41) is 3.01. The number of hydrogen-bond acceptors (Lipinski definition) is 4. The first-order valence-corrected chi connectivity index (χ1v) is 10.0. The Kier molecular flexibility index (Phi) is 6.52. The van der Waals surface area contributed by atoms with Crippen molar-refractivity contribution in [3.63, 3.8) is 0 Å². The number of nitrogens with zero attached hydrogens (tertiary/aromatic N) is 2. The van der Waals surface area contributed by atoms with Crippen LogP contribution >= 0.6 is 11.8 Å². The number of piperazine rings is 1. The topological polar surface area (TPSA) is 35.6 Å². The van der Waals surface area contributed by atoms with Crippen LogP contribution in [0.15, 0.2) is 53.4 Å². The van der Waals surface area contributed by atoms with Crippen LogP contribution in [-0.2, 0) is 0 Å². The summed E-state index contributed by atoms with van der Waals surface area (Å²) in [6.45, 7) is 4.74. The molecule has 0 bridgehead atoms. The molecule has 1 saturated heterocycles. The molecule has 2 aromatic carbocycles. The molecule has 0 aliphatic carbocycles. The molecule has 1 fully saturated rings. The van der Waals surface area contributed by atoms with Crippen LogP contribution in [-0.4, -0.2) is 56.3 Å². The Morgan fingerprint density at radius 3 is 2.50 bits per heavy atom. The summed E-state index contributed by atoms with van der Waals surface area (Å²) in [6.07, 6.45) is 1.97. The average Bonchev–Trinajstić information content (AvgIpc) is 2.69. The number of amides is 1. The normalized spacial score (nSPS) is 15.1. The number of benzene rings is 2. The lowest BCUT2D eigenvalue weighted by Crippen LogP contribution is -2.48. The van der Waals surface area contributed by atoms with E-state index in [2.05, 4.69) is 15.1 Å². The van der Waals surface area contributed by atoms with Crippen LogP contribution in [0.1, 0.15) is 10.4 Å². The standard InChI is InChI=1S/C20H24FN3OS/c1-26-19-9-5-2-6-16(19)20(25)22-10-11-23-12-14-24(15-13-23)18-8-4-3-7-17(18)21/h2-9H,10-15H2,1H3,(H,22,25). The molecule has 2 aromatic rings. The van der Waals surface area contributed by atoms with Gasteiger partial charge in [0, 0.05) is 44.2 Å². The maximum Gasteiger partial charge on any atom is 0.252 e. The van der Waals surface area contributed by atoms with Gasteiger partial charge in [-0.2, -0.15) is 0 Å². The summed E-state index contributed by atoms with van der Waals surface area (Å²) >= 11 is 1.58. The molecule has 1 heterocycles. The third-order valence-electron chi connectivity index (χ3n) is 4.63. The van der Waals surface area contributed by atoms with Gasteiger partial charge in [0.2, 0.25) is 0 Å². The van der Waals surface area contributed by atoms with Crippen molar-refractivity contribution in [2.24, 2.45) is 0 Å². The van der Waals surface area contributed by atoms with Crippen molar-refractivity contribution < 1.29 is 9.18 Å². The summed E-state index contributed by atoms with van der Waals surface area (Å²) in [5.41, 5.74) is 1.40. The fourth-order valence-corrected chi connectivity index (χ4v) is 3.77. The van der Waals surface area contributed by atoms with E-state index in [-0.39, 0.29) is 11.7 Å². The number of rotatable bonds is 6. The van der Waals surface area contributed by atoms with Crippen molar-refractivity contribution >= 4 is 23.4 Å². The average molecular weight is 373 g/mol. The molecule has 4 nitrogen and oxygen atoms in total. The van der Waals surface area contributed by atoms with E-state index in [1.165, 1.54) is 6.07 Å². The minimum absolute atomic E-state index is 0.0278. The Morgan fingerprint density at radius 1 is 1.08 bits per heavy atom. The number of carbonyl (C=O) groups is 1. The number of thioether (sulfide) groups is 1. The first-order chi connectivity index (χ1) is 12.7. The number of hydrogen-bond donors (Lipinski definition) is 1. The number of halogens is 1. The van der Waals surface area contributed by atoms with Crippen LogP contribution in [0.2, 0.25) is 0 Å². The molecule has 0 spiro atoms. The Balaban J connectivity index is 1.44. The lowest BCUT2D eigenvalue weighted by Gasteiger charge is -2.36. The third kappa shape index (κ3) is 4.56. The second kappa shape index (κ2) is 9.05. The van der Waals surface area contributed by atoms with E-state index in [1.807, 2.05) is 42.7 Å². The quantitative estimate of drug-likeness (QED) is 0.790. The zero-order valence-electron chi connectivity index (χ0n) is 15.0. The van der Waals surface area contributed by atoms with Crippen LogP contribution in [0, 0.1) is 5.82 Å². The van der Waals surface area contributed by atoms with Crippen LogP contribution in [0.3, 0.4) is 0 Å². The minimum atomic E-state index is -0.166. The van der Waals surface area contributed by atoms with E-state index >= 15 is 0 Å². The van der Waals surface area contributed by atoms with Gasteiger partial charge in [-0.25, -0.2) is 4.39 Å². The highest BCUT2D eigenvalue weighted by molar-refractivity contribution is 7.98. The third-order valence-corrected chi connectivity index (χ3v) is 5.43. The molecule has 1 aliphatic rings. The van der Waals surface area contributed by atoms with Crippen molar-refractivity contribution in [2.75, 3.05) is 50.4 Å². The van der Waals surface area contributed by atoms with Gasteiger partial charge in [0.05, 0.1) is 11.3 Å². The first-order valence-electron chi connectivity index (χ1n) is 8.82. The van der Waals surface area contributed by atoms with Crippen molar-refractivity contribution in [3.05, 3.63) is 59.9 Å². The Hall–Kier alpha value is -2.05. The molecule has 0 radical (unpaired) electrons. The van der Waals surface area contributed by atoms with Gasteiger partial charge in [-0.3, -0.25) is 9.69 Å². The molecule has 1 N–H and O–H groups in total. The number of anilines is 1. The van der Waals surface area contributed by atoms with Gasteiger partial charge in [0.15, 0.2) is 0 Å². The van der Waals surface area contributed by atoms with Gasteiger partial charge in [0.25, 0.3) is 5.91 Å². The van der Waals surface area contributed by atoms with Crippen LogP contribution < -0.4 is 10.2 Å². The Bertz CT molecular complexity index is 747. The van der Waals surface area contributed by atoms with E-state index in [0.717, 1.165) is 43.2 Å². The summed E-state index contributed by atoms with van der Waals surface area (Å²) in [6, 6.07) is 14.6. The van der Waals surface area contributed by atoms with Crippen molar-refractivity contribution in [2.45, 2.75) is 4.90 Å². The molecular formula is C20H24FN3OS. The van der Waals surface area contributed by atoms with Gasteiger partial charge in [-0.1, -0.05) is 24.3 Å². The monoisotopic (exact) mass is 373 g/mol. The first kappa shape index (κ1) is 18.7. The molecule has 26 heavy (non-hydrogen) atoms. The van der Waals surface area contributed by atoms with Gasteiger partial charge < -0.3 is 10.2 Å². The SMILES string of the molecule is CSc1ccccc1C(=O)NCCN1CCN(c2ccccc2F)CC1. The Labute approximate surface area is 158 Å². The van der Waals surface area contributed by atoms with E-state index in [1.54, 1.807) is 17.8 Å². The fraction of sp³-hybridized carbons (Fsp3) is 0.350. The summed E-state index contributed by atoms with van der Waals surface area (Å²) in [5.74, 6) is -0.194. The molecule has 0 aromatic heterocycles. The lowest BCUT2D eigenvalue weighted by molar-refractivity contribution is 0.0945. The molecule has 1 aliphatic heterocycles. The van der Waals surface area contributed by atoms with Crippen LogP contribution in [0.25, 0.3) is 0 Å². The molecule has 0 unspecified atom stereocenters. The molecule has 6 heteroatoms. The van der Waals surface area contributed by atoms with Crippen molar-refractivity contribution in [1.82, 2.24) is 10.2 Å². The largest absolute Gasteiger partial charge is 0.367 e. The zero-order chi connectivity index (χ0) is 18.4. The molecule has 0 atom stereocenters. The van der Waals surface area contributed by atoms with Crippen LogP contribution in [0.4, 0.5) is 10.1 Å². The Morgan fingerprint density at radius 2 is 1.77 bits per heavy atom. The zero-order valence-corrected chi connectivity index (χ0v) is 15.8. The van der Waals surface area contributed by atoms with E-state index < -0.39 is 0 Å². The number of carbonyl (C=O) groups excluding carboxylic acids is 1. The van der Waals surface area contributed by atoms with Crippen molar-refractivity contribution in [1.29, 1.82) is 0 Å². The molecular weight excluding hydrogens is 349 g/mol. The van der Waals surface area contributed by atoms with Gasteiger partial charge >= 0.3 is 0 Å². The number of para-hydroxylation sites is 1. The predicted molar refractivity (Wildman–Crippen MR) is 106 cm³/mol. The predicted octanol–water partition coefficient (Wildman–Crippen LogP) is 3.10. The number of nitrogens with one attached hydrogen (secondary N) is 1. The summed E-state index contributed by atoms with van der Waals surface area (Å²) in [4.78, 5) is 17.7. The molecule has 3 rings (SSSR count). The molecule has 1 amide bonds. The smallest absolute Gasteiger partial charge is 0.252 e. The summed E-state index contributed by atoms with van der Waals surface area (Å²) in [7, 11) is 0. The maximum atomic E-state index is 13.9. The van der Waals surface area contributed by atoms with Gasteiger partial charge in [-0.15, -0.1) is 11.8 Å². The minimum Gasteiger partial charge on any atom is -0.367 e. The molecule has 0 saturated carbocycles. The fourth-order valence-electron chi connectivity index (χ4n) is 3.18. The highest BCUT2D eigenvalue weighted by Gasteiger charge is 2.19. The van der Waals surface area contributed by atoms with E-state index in [9.17, 15) is 9.18 Å². The summed E-state index contributed by atoms with van der Waals surface area (Å²) < 4.78 is 13.9. The molecule has 138 valence electrons. The highest BCUT2D eigenvalue weighted by atomic mass is 32.2. The van der Waals surface area contributed by atoms with Crippen molar-refractivity contribution in [3.8, 4) is 0 Å². The van der Waals surface area contributed by atoms with Crippen LogP contribution in [0.5, 0.6) is 0 Å². The highest BCUT2D eigenvalue weighted by Crippen LogP contribution is 2.20. The van der Waals surface area contributed by atoms with E-state index in [4.69, 9.17) is 0 Å². The van der Waals surface area contributed by atoms with E-state index in [0.29, 0.717) is 12.2 Å². The lowest BCUT2D eigenvalue weighted by atomic mass is 10.2. The van der Waals surface area contributed by atoms with Gasteiger partial charge in [0.1, 0.15) is 5.82 Å². The maximum absolute atomic E-state index is 13.9. The van der Waals surface area contributed by atoms with Gasteiger partial charge in [-0.05, 0) is 30.5 Å². The second-order valence-electron chi connectivity index (χ2n) is 6.24. The second-order valence-corrected chi connectivity index (χ2v) is 7.08.